The number of hydrogen-bond acceptors (Lipinski definition) is 2. The Labute approximate surface area is 83.4 Å². The number of alkyl halides is 1. The molecule has 0 aliphatic carbocycles. The first-order valence-electron chi connectivity index (χ1n) is 3.53. The average Bonchev–Trinajstić information content (AvgIpc) is 2.32. The quantitative estimate of drug-likeness (QED) is 0.857. The van der Waals surface area contributed by atoms with Gasteiger partial charge in [-0.2, -0.15) is 0 Å². The van der Waals surface area contributed by atoms with E-state index < -0.39 is 11.8 Å². The van der Waals surface area contributed by atoms with Gasteiger partial charge in [-0.25, -0.2) is 4.39 Å². The van der Waals surface area contributed by atoms with Crippen molar-refractivity contribution in [3.63, 3.8) is 0 Å². The van der Waals surface area contributed by atoms with Crippen LogP contribution < -0.4 is 0 Å². The lowest BCUT2D eigenvalue weighted by Gasteiger charge is -2.20. The van der Waals surface area contributed by atoms with Crippen LogP contribution in [0.4, 0.5) is 4.39 Å². The lowest BCUT2D eigenvalue weighted by Crippen LogP contribution is -2.22. The number of hydrogen-bond donors (Lipinski definition) is 1. The van der Waals surface area contributed by atoms with Crippen molar-refractivity contribution in [1.29, 1.82) is 0 Å². The molecule has 0 aliphatic rings. The van der Waals surface area contributed by atoms with Gasteiger partial charge in [-0.15, -0.1) is 11.3 Å². The second-order valence-electron chi connectivity index (χ2n) is 3.11. The number of aliphatic hydroxyl groups excluding tert-OH is 1. The molecule has 1 rings (SSSR count). The summed E-state index contributed by atoms with van der Waals surface area (Å²) in [6.07, 6.45) is -1.03. The fourth-order valence-corrected chi connectivity index (χ4v) is 2.40. The number of rotatable bonds is 2. The minimum Gasteiger partial charge on any atom is -0.384 e. The summed E-state index contributed by atoms with van der Waals surface area (Å²) in [6.45, 7) is 2.73. The highest BCUT2D eigenvalue weighted by molar-refractivity contribution is 9.11. The Morgan fingerprint density at radius 3 is 2.50 bits per heavy atom. The summed E-state index contributed by atoms with van der Waals surface area (Å²) < 4.78 is 14.1. The predicted octanol–water partition coefficient (Wildman–Crippen LogP) is 3.29. The van der Waals surface area contributed by atoms with E-state index in [1.54, 1.807) is 12.1 Å². The van der Waals surface area contributed by atoms with Crippen LogP contribution in [0.5, 0.6) is 0 Å². The molecular weight excluding hydrogens is 243 g/mol. The zero-order chi connectivity index (χ0) is 9.35. The number of aliphatic hydroxyl groups is 1. The minimum atomic E-state index is -1.58. The zero-order valence-electron chi connectivity index (χ0n) is 6.84. The predicted molar refractivity (Wildman–Crippen MR) is 52.2 cm³/mol. The van der Waals surface area contributed by atoms with Gasteiger partial charge in [0.05, 0.1) is 3.79 Å². The van der Waals surface area contributed by atoms with E-state index in [1.807, 2.05) is 0 Å². The molecule has 0 aliphatic heterocycles. The van der Waals surface area contributed by atoms with E-state index in [9.17, 15) is 9.50 Å². The molecule has 1 N–H and O–H groups in total. The van der Waals surface area contributed by atoms with E-state index in [0.717, 1.165) is 3.79 Å². The Morgan fingerprint density at radius 2 is 2.17 bits per heavy atom. The van der Waals surface area contributed by atoms with Gasteiger partial charge in [0.25, 0.3) is 0 Å². The Kier molecular flexibility index (Phi) is 2.91. The monoisotopic (exact) mass is 252 g/mol. The van der Waals surface area contributed by atoms with Gasteiger partial charge in [-0.1, -0.05) is 0 Å². The molecule has 1 heterocycles. The molecular formula is C8H10BrFOS. The van der Waals surface area contributed by atoms with Gasteiger partial charge in [0, 0.05) is 4.88 Å². The highest BCUT2D eigenvalue weighted by Crippen LogP contribution is 2.34. The zero-order valence-corrected chi connectivity index (χ0v) is 9.25. The average molecular weight is 253 g/mol. The summed E-state index contributed by atoms with van der Waals surface area (Å²) in [5, 5.41) is 9.48. The molecule has 1 aromatic rings. The van der Waals surface area contributed by atoms with Crippen LogP contribution in [-0.2, 0) is 0 Å². The Balaban J connectivity index is 2.85. The summed E-state index contributed by atoms with van der Waals surface area (Å²) in [6, 6.07) is 3.52. The molecule has 0 fully saturated rings. The van der Waals surface area contributed by atoms with E-state index in [1.165, 1.54) is 25.2 Å². The third kappa shape index (κ3) is 2.28. The summed E-state index contributed by atoms with van der Waals surface area (Å²) in [7, 11) is 0. The molecule has 0 saturated heterocycles. The fraction of sp³-hybridized carbons (Fsp3) is 0.500. The normalized spacial score (nSPS) is 14.8. The van der Waals surface area contributed by atoms with Crippen LogP contribution in [0.25, 0.3) is 0 Å². The summed E-state index contributed by atoms with van der Waals surface area (Å²) in [5.74, 6) is 0. The molecule has 0 saturated carbocycles. The molecule has 1 aromatic heterocycles. The third-order valence-electron chi connectivity index (χ3n) is 1.51. The van der Waals surface area contributed by atoms with Gasteiger partial charge in [-0.05, 0) is 41.9 Å². The van der Waals surface area contributed by atoms with Crippen molar-refractivity contribution in [2.45, 2.75) is 25.6 Å². The summed E-state index contributed by atoms with van der Waals surface area (Å²) >= 11 is 4.60. The van der Waals surface area contributed by atoms with Crippen molar-refractivity contribution < 1.29 is 9.50 Å². The standard InChI is InChI=1S/C8H10BrFOS/c1-8(2,10)7(11)5-3-4-6(9)12-5/h3-4,7,11H,1-2H3. The third-order valence-corrected chi connectivity index (χ3v) is 3.19. The van der Waals surface area contributed by atoms with Crippen LogP contribution >= 0.6 is 27.3 Å². The van der Waals surface area contributed by atoms with E-state index in [2.05, 4.69) is 15.9 Å². The minimum absolute atomic E-state index is 0.648. The molecule has 1 atom stereocenters. The Hall–Kier alpha value is 0.0700. The van der Waals surface area contributed by atoms with E-state index in [0.29, 0.717) is 4.88 Å². The van der Waals surface area contributed by atoms with Crippen molar-refractivity contribution >= 4 is 27.3 Å². The van der Waals surface area contributed by atoms with Crippen LogP contribution in [0, 0.1) is 0 Å². The van der Waals surface area contributed by atoms with Crippen molar-refractivity contribution in [1.82, 2.24) is 0 Å². The first-order chi connectivity index (χ1) is 5.41. The van der Waals surface area contributed by atoms with Crippen LogP contribution in [0.2, 0.25) is 0 Å². The van der Waals surface area contributed by atoms with Crippen LogP contribution in [0.1, 0.15) is 24.8 Å². The second-order valence-corrected chi connectivity index (χ2v) is 5.60. The molecule has 0 aromatic carbocycles. The summed E-state index contributed by atoms with van der Waals surface area (Å²) in [4.78, 5) is 0.648. The van der Waals surface area contributed by atoms with Crippen molar-refractivity contribution in [3.8, 4) is 0 Å². The van der Waals surface area contributed by atoms with E-state index >= 15 is 0 Å². The highest BCUT2D eigenvalue weighted by Gasteiger charge is 2.29. The number of halogens is 2. The molecule has 68 valence electrons. The molecule has 0 radical (unpaired) electrons. The first kappa shape index (κ1) is 10.2. The second kappa shape index (κ2) is 3.44. The van der Waals surface area contributed by atoms with Crippen LogP contribution in [0.15, 0.2) is 15.9 Å². The topological polar surface area (TPSA) is 20.2 Å². The van der Waals surface area contributed by atoms with E-state index in [-0.39, 0.29) is 0 Å². The maximum Gasteiger partial charge on any atom is 0.136 e. The van der Waals surface area contributed by atoms with Gasteiger partial charge < -0.3 is 5.11 Å². The van der Waals surface area contributed by atoms with Gasteiger partial charge in [0.2, 0.25) is 0 Å². The summed E-state index contributed by atoms with van der Waals surface area (Å²) in [5.41, 5.74) is -1.58. The molecule has 0 amide bonds. The van der Waals surface area contributed by atoms with Crippen LogP contribution in [0.3, 0.4) is 0 Å². The van der Waals surface area contributed by atoms with Crippen LogP contribution in [-0.4, -0.2) is 10.8 Å². The maximum atomic E-state index is 13.2. The van der Waals surface area contributed by atoms with Gasteiger partial charge in [0.1, 0.15) is 11.8 Å². The number of thiophene rings is 1. The molecule has 0 bridgehead atoms. The fourth-order valence-electron chi connectivity index (χ4n) is 0.814. The van der Waals surface area contributed by atoms with Gasteiger partial charge in [-0.3, -0.25) is 0 Å². The van der Waals surface area contributed by atoms with Gasteiger partial charge >= 0.3 is 0 Å². The lowest BCUT2D eigenvalue weighted by atomic mass is 10.0. The van der Waals surface area contributed by atoms with Crippen molar-refractivity contribution in [2.24, 2.45) is 0 Å². The van der Waals surface area contributed by atoms with E-state index in [4.69, 9.17) is 0 Å². The van der Waals surface area contributed by atoms with Crippen molar-refractivity contribution in [3.05, 3.63) is 20.8 Å². The highest BCUT2D eigenvalue weighted by atomic mass is 79.9. The Morgan fingerprint density at radius 1 is 1.58 bits per heavy atom. The molecule has 12 heavy (non-hydrogen) atoms. The molecule has 1 unspecified atom stereocenters. The van der Waals surface area contributed by atoms with Gasteiger partial charge in [0.15, 0.2) is 0 Å². The maximum absolute atomic E-state index is 13.2. The smallest absolute Gasteiger partial charge is 0.136 e. The molecule has 0 spiro atoms. The lowest BCUT2D eigenvalue weighted by molar-refractivity contribution is 0.0186. The SMILES string of the molecule is CC(C)(F)C(O)c1ccc(Br)s1. The largest absolute Gasteiger partial charge is 0.384 e. The first-order valence-corrected chi connectivity index (χ1v) is 5.14. The van der Waals surface area contributed by atoms with Crippen molar-refractivity contribution in [2.75, 3.05) is 0 Å². The Bertz CT molecular complexity index is 266. The molecule has 4 heteroatoms. The molecule has 1 nitrogen and oxygen atoms in total.